The fourth-order valence-electron chi connectivity index (χ4n) is 0.710. The first-order valence-electron chi connectivity index (χ1n) is 2.95. The van der Waals surface area contributed by atoms with Crippen LogP contribution in [0.15, 0.2) is 17.0 Å². The van der Waals surface area contributed by atoms with Crippen molar-refractivity contribution in [3.8, 4) is 5.75 Å². The van der Waals surface area contributed by atoms with E-state index in [1.165, 1.54) is 0 Å². The summed E-state index contributed by atoms with van der Waals surface area (Å²) >= 11 is 0. The molecule has 0 aliphatic carbocycles. The Morgan fingerprint density at radius 1 is 1.23 bits per heavy atom. The van der Waals surface area contributed by atoms with Crippen LogP contribution in [0.2, 0.25) is 0 Å². The summed E-state index contributed by atoms with van der Waals surface area (Å²) in [6.07, 6.45) is 0. The van der Waals surface area contributed by atoms with Gasteiger partial charge < -0.3 is 5.11 Å². The molecule has 1 rings (SSSR count). The highest BCUT2D eigenvalue weighted by molar-refractivity contribution is 8.13. The first-order valence-corrected chi connectivity index (χ1v) is 5.26. The number of rotatable bonds is 1. The second-order valence-electron chi connectivity index (χ2n) is 2.15. The lowest BCUT2D eigenvalue weighted by Gasteiger charge is -2.00. The Balaban J connectivity index is 3.53. The van der Waals surface area contributed by atoms with Gasteiger partial charge in [0.2, 0.25) is 5.82 Å². The van der Waals surface area contributed by atoms with E-state index in [4.69, 9.17) is 15.8 Å². The van der Waals surface area contributed by atoms with Crippen LogP contribution in [-0.4, -0.2) is 13.5 Å². The first kappa shape index (κ1) is 10.2. The minimum absolute atomic E-state index is 0.677. The van der Waals surface area contributed by atoms with Gasteiger partial charge in [-0.3, -0.25) is 0 Å². The largest absolute Gasteiger partial charge is 0.505 e. The molecule has 7 heteroatoms. The summed E-state index contributed by atoms with van der Waals surface area (Å²) in [5, 5.41) is 8.64. The third kappa shape index (κ3) is 1.89. The molecule has 0 fully saturated rings. The smallest absolute Gasteiger partial charge is 0.264 e. The number of halogens is 3. The first-order chi connectivity index (χ1) is 5.84. The number of hydrogen-bond acceptors (Lipinski definition) is 3. The Bertz CT molecular complexity index is 443. The van der Waals surface area contributed by atoms with Gasteiger partial charge in [0.15, 0.2) is 11.6 Å². The van der Waals surface area contributed by atoms with Gasteiger partial charge in [0.25, 0.3) is 9.05 Å². The standard InChI is InChI=1S/C6H3ClF2O3S/c7-13(11,12)4-2-1-3(10)5(8)6(4)9/h1-2,10H. The monoisotopic (exact) mass is 228 g/mol. The molecule has 0 unspecified atom stereocenters. The molecule has 3 nitrogen and oxygen atoms in total. The van der Waals surface area contributed by atoms with Gasteiger partial charge >= 0.3 is 0 Å². The lowest BCUT2D eigenvalue weighted by Crippen LogP contribution is -1.98. The Morgan fingerprint density at radius 3 is 2.23 bits per heavy atom. The van der Waals surface area contributed by atoms with Crippen molar-refractivity contribution in [3.05, 3.63) is 23.8 Å². The van der Waals surface area contributed by atoms with Crippen molar-refractivity contribution in [2.45, 2.75) is 4.90 Å². The van der Waals surface area contributed by atoms with E-state index in [2.05, 4.69) is 0 Å². The third-order valence-electron chi connectivity index (χ3n) is 1.29. The van der Waals surface area contributed by atoms with Gasteiger partial charge in [0, 0.05) is 10.7 Å². The van der Waals surface area contributed by atoms with E-state index in [-0.39, 0.29) is 0 Å². The summed E-state index contributed by atoms with van der Waals surface area (Å²) in [7, 11) is 0.445. The highest BCUT2D eigenvalue weighted by Crippen LogP contribution is 2.26. The Hall–Kier alpha value is -0.880. The van der Waals surface area contributed by atoms with Crippen molar-refractivity contribution in [2.75, 3.05) is 0 Å². The molecule has 0 spiro atoms. The molecule has 0 aromatic heterocycles. The third-order valence-corrected chi connectivity index (χ3v) is 2.63. The topological polar surface area (TPSA) is 54.4 Å². The number of aromatic hydroxyl groups is 1. The molecule has 0 aliphatic heterocycles. The van der Waals surface area contributed by atoms with Gasteiger partial charge in [-0.25, -0.2) is 12.8 Å². The highest BCUT2D eigenvalue weighted by Gasteiger charge is 2.21. The lowest BCUT2D eigenvalue weighted by molar-refractivity contribution is 0.400. The van der Waals surface area contributed by atoms with Crippen LogP contribution in [0.1, 0.15) is 0 Å². The second kappa shape index (κ2) is 3.12. The van der Waals surface area contributed by atoms with E-state index >= 15 is 0 Å². The molecule has 0 atom stereocenters. The molecule has 1 aromatic carbocycles. The predicted octanol–water partition coefficient (Wildman–Crippen LogP) is 1.60. The molecular weight excluding hydrogens is 226 g/mol. The zero-order valence-electron chi connectivity index (χ0n) is 5.96. The molecule has 0 bridgehead atoms. The van der Waals surface area contributed by atoms with Crippen LogP contribution in [0.3, 0.4) is 0 Å². The maximum Gasteiger partial charge on any atom is 0.264 e. The average molecular weight is 229 g/mol. The Kier molecular flexibility index (Phi) is 2.44. The quantitative estimate of drug-likeness (QED) is 0.743. The number of hydrogen-bond donors (Lipinski definition) is 1. The second-order valence-corrected chi connectivity index (χ2v) is 4.68. The fraction of sp³-hybridized carbons (Fsp3) is 0. The number of phenols is 1. The van der Waals surface area contributed by atoms with E-state index in [1.54, 1.807) is 0 Å². The van der Waals surface area contributed by atoms with Crippen molar-refractivity contribution >= 4 is 19.7 Å². The van der Waals surface area contributed by atoms with Gasteiger partial charge in [0.05, 0.1) is 0 Å². The van der Waals surface area contributed by atoms with Crippen molar-refractivity contribution in [3.63, 3.8) is 0 Å². The Labute approximate surface area is 77.0 Å². The van der Waals surface area contributed by atoms with Gasteiger partial charge in [-0.1, -0.05) is 0 Å². The zero-order valence-corrected chi connectivity index (χ0v) is 7.53. The summed E-state index contributed by atoms with van der Waals surface area (Å²) < 4.78 is 46.5. The summed E-state index contributed by atoms with van der Waals surface area (Å²) in [6.45, 7) is 0. The van der Waals surface area contributed by atoms with Crippen molar-refractivity contribution in [1.82, 2.24) is 0 Å². The zero-order chi connectivity index (χ0) is 10.2. The van der Waals surface area contributed by atoms with E-state index in [0.29, 0.717) is 12.1 Å². The van der Waals surface area contributed by atoms with Crippen molar-refractivity contribution in [2.24, 2.45) is 0 Å². The van der Waals surface area contributed by atoms with Crippen LogP contribution in [0.25, 0.3) is 0 Å². The van der Waals surface area contributed by atoms with E-state index < -0.39 is 31.3 Å². The summed E-state index contributed by atoms with van der Waals surface area (Å²) in [5.74, 6) is -4.29. The molecule has 72 valence electrons. The molecule has 0 aliphatic rings. The molecule has 13 heavy (non-hydrogen) atoms. The van der Waals surface area contributed by atoms with E-state index in [0.717, 1.165) is 0 Å². The molecule has 1 N–H and O–H groups in total. The Morgan fingerprint density at radius 2 is 1.77 bits per heavy atom. The van der Waals surface area contributed by atoms with Crippen LogP contribution >= 0.6 is 10.7 Å². The van der Waals surface area contributed by atoms with Crippen molar-refractivity contribution in [1.29, 1.82) is 0 Å². The molecule has 1 aromatic rings. The van der Waals surface area contributed by atoms with Gasteiger partial charge in [-0.05, 0) is 12.1 Å². The fourth-order valence-corrected chi connectivity index (χ4v) is 1.60. The maximum absolute atomic E-state index is 12.8. The normalized spacial score (nSPS) is 11.6. The average Bonchev–Trinajstić information content (AvgIpc) is 1.98. The van der Waals surface area contributed by atoms with Crippen LogP contribution in [0, 0.1) is 11.6 Å². The van der Waals surface area contributed by atoms with Crippen LogP contribution in [0.4, 0.5) is 8.78 Å². The predicted molar refractivity (Wildman–Crippen MR) is 41.1 cm³/mol. The molecule has 0 radical (unpaired) electrons. The maximum atomic E-state index is 12.8. The summed E-state index contributed by atoms with van der Waals surface area (Å²) in [5.41, 5.74) is 0. The molecule has 0 amide bonds. The minimum atomic E-state index is -4.33. The highest BCUT2D eigenvalue weighted by atomic mass is 35.7. The SMILES string of the molecule is O=S(=O)(Cl)c1ccc(O)c(F)c1F. The van der Waals surface area contributed by atoms with E-state index in [9.17, 15) is 17.2 Å². The molecule has 0 saturated heterocycles. The minimum Gasteiger partial charge on any atom is -0.505 e. The van der Waals surface area contributed by atoms with Gasteiger partial charge in [-0.2, -0.15) is 4.39 Å². The lowest BCUT2D eigenvalue weighted by atomic mass is 10.3. The summed E-state index contributed by atoms with van der Waals surface area (Å²) in [4.78, 5) is -0.996. The van der Waals surface area contributed by atoms with Crippen molar-refractivity contribution < 1.29 is 22.3 Å². The van der Waals surface area contributed by atoms with Crippen LogP contribution < -0.4 is 0 Å². The van der Waals surface area contributed by atoms with Crippen LogP contribution in [-0.2, 0) is 9.05 Å². The molecular formula is C6H3ClF2O3S. The molecule has 0 heterocycles. The van der Waals surface area contributed by atoms with Crippen LogP contribution in [0.5, 0.6) is 5.75 Å². The van der Waals surface area contributed by atoms with E-state index in [1.807, 2.05) is 0 Å². The van der Waals surface area contributed by atoms with Gasteiger partial charge in [0.1, 0.15) is 4.90 Å². The number of phenolic OH excluding ortho intramolecular Hbond substituents is 1. The molecule has 0 saturated carbocycles. The van der Waals surface area contributed by atoms with Gasteiger partial charge in [-0.15, -0.1) is 0 Å². The number of benzene rings is 1. The summed E-state index contributed by atoms with van der Waals surface area (Å²) in [6, 6.07) is 1.38.